The highest BCUT2D eigenvalue weighted by molar-refractivity contribution is 5.89. The Morgan fingerprint density at radius 2 is 1.92 bits per heavy atom. The van der Waals surface area contributed by atoms with Crippen molar-refractivity contribution >= 4 is 11.7 Å². The fourth-order valence-corrected chi connectivity index (χ4v) is 2.32. The van der Waals surface area contributed by atoms with Crippen molar-refractivity contribution in [1.29, 1.82) is 0 Å². The molecule has 0 fully saturated rings. The molecule has 0 aliphatic rings. The Bertz CT molecular complexity index is 818. The van der Waals surface area contributed by atoms with E-state index in [9.17, 15) is 4.79 Å². The first-order chi connectivity index (χ1) is 12.1. The van der Waals surface area contributed by atoms with Crippen molar-refractivity contribution in [2.45, 2.75) is 19.9 Å². The van der Waals surface area contributed by atoms with Crippen LogP contribution in [-0.2, 0) is 0 Å². The number of hydrogen-bond acceptors (Lipinski definition) is 5. The number of nitrogens with one attached hydrogen (secondary N) is 2. The van der Waals surface area contributed by atoms with Crippen LogP contribution in [0.4, 0.5) is 10.5 Å². The van der Waals surface area contributed by atoms with Crippen LogP contribution in [0.15, 0.2) is 59.4 Å². The van der Waals surface area contributed by atoms with Gasteiger partial charge in [0.15, 0.2) is 0 Å². The minimum atomic E-state index is -0.401. The zero-order valence-electron chi connectivity index (χ0n) is 14.0. The molecule has 1 aromatic carbocycles. The summed E-state index contributed by atoms with van der Waals surface area (Å²) in [5, 5.41) is 9.65. The molecule has 0 radical (unpaired) electrons. The molecule has 7 nitrogen and oxygen atoms in total. The summed E-state index contributed by atoms with van der Waals surface area (Å²) < 4.78 is 5.36. The Balaban J connectivity index is 1.73. The van der Waals surface area contributed by atoms with E-state index in [1.54, 1.807) is 18.5 Å². The first-order valence-corrected chi connectivity index (χ1v) is 8.00. The second-order valence-electron chi connectivity index (χ2n) is 5.88. The second kappa shape index (κ2) is 7.57. The van der Waals surface area contributed by atoms with E-state index in [1.165, 1.54) is 0 Å². The fraction of sp³-hybridized carbons (Fsp3) is 0.222. The summed E-state index contributed by atoms with van der Waals surface area (Å²) in [5.74, 6) is 0.875. The molecule has 0 aliphatic heterocycles. The summed E-state index contributed by atoms with van der Waals surface area (Å²) in [6, 6.07) is 12.2. The highest BCUT2D eigenvalue weighted by atomic mass is 16.5. The van der Waals surface area contributed by atoms with Gasteiger partial charge in [0, 0.05) is 23.6 Å². The fourth-order valence-electron chi connectivity index (χ4n) is 2.32. The number of para-hydroxylation sites is 1. The van der Waals surface area contributed by atoms with Gasteiger partial charge >= 0.3 is 6.03 Å². The molecule has 2 N–H and O–H groups in total. The molecule has 2 amide bonds. The number of aromatic nitrogens is 3. The molecule has 0 unspecified atom stereocenters. The molecular weight excluding hydrogens is 318 g/mol. The summed E-state index contributed by atoms with van der Waals surface area (Å²) in [5.41, 5.74) is 1.47. The Morgan fingerprint density at radius 1 is 1.12 bits per heavy atom. The van der Waals surface area contributed by atoms with Crippen molar-refractivity contribution in [3.63, 3.8) is 0 Å². The van der Waals surface area contributed by atoms with Gasteiger partial charge in [-0.2, -0.15) is 4.98 Å². The molecule has 7 heteroatoms. The third-order valence-corrected chi connectivity index (χ3v) is 3.61. The Morgan fingerprint density at radius 3 is 2.60 bits per heavy atom. The van der Waals surface area contributed by atoms with Crippen LogP contribution in [0.5, 0.6) is 0 Å². The van der Waals surface area contributed by atoms with Gasteiger partial charge in [0.1, 0.15) is 6.04 Å². The molecule has 0 bridgehead atoms. The quantitative estimate of drug-likeness (QED) is 0.741. The molecule has 2 heterocycles. The molecule has 25 heavy (non-hydrogen) atoms. The first kappa shape index (κ1) is 16.6. The normalized spacial score (nSPS) is 12.0. The zero-order valence-corrected chi connectivity index (χ0v) is 14.0. The molecule has 2 aromatic heterocycles. The number of nitrogens with zero attached hydrogens (tertiary/aromatic N) is 3. The molecule has 3 aromatic rings. The number of urea groups is 1. The van der Waals surface area contributed by atoms with E-state index in [1.807, 2.05) is 50.2 Å². The molecule has 1 atom stereocenters. The number of carbonyl (C=O) groups is 1. The number of benzene rings is 1. The average molecular weight is 337 g/mol. The summed E-state index contributed by atoms with van der Waals surface area (Å²) in [7, 11) is 0. The van der Waals surface area contributed by atoms with Crippen LogP contribution >= 0.6 is 0 Å². The molecule has 0 spiro atoms. The van der Waals surface area contributed by atoms with Gasteiger partial charge in [0.25, 0.3) is 0 Å². The lowest BCUT2D eigenvalue weighted by Crippen LogP contribution is -2.35. The highest BCUT2D eigenvalue weighted by Crippen LogP contribution is 2.23. The number of anilines is 1. The minimum Gasteiger partial charge on any atom is -0.337 e. The summed E-state index contributed by atoms with van der Waals surface area (Å²) in [4.78, 5) is 20.7. The SMILES string of the molecule is CC(C)[C@@H](NC(=O)Nc1ccccc1)c1nc(-c2cccnc2)no1. The average Bonchev–Trinajstić information content (AvgIpc) is 3.11. The lowest BCUT2D eigenvalue weighted by Gasteiger charge is -2.18. The van der Waals surface area contributed by atoms with Crippen molar-refractivity contribution in [2.24, 2.45) is 5.92 Å². The lowest BCUT2D eigenvalue weighted by atomic mass is 10.0. The van der Waals surface area contributed by atoms with Crippen LogP contribution in [0.3, 0.4) is 0 Å². The van der Waals surface area contributed by atoms with Crippen molar-refractivity contribution in [2.75, 3.05) is 5.32 Å². The predicted molar refractivity (Wildman–Crippen MR) is 93.7 cm³/mol. The van der Waals surface area contributed by atoms with Gasteiger partial charge in [0.05, 0.1) is 0 Å². The largest absolute Gasteiger partial charge is 0.337 e. The van der Waals surface area contributed by atoms with Crippen molar-refractivity contribution < 1.29 is 9.32 Å². The summed E-state index contributed by atoms with van der Waals surface area (Å²) in [6.45, 7) is 3.95. The number of carbonyl (C=O) groups excluding carboxylic acids is 1. The highest BCUT2D eigenvalue weighted by Gasteiger charge is 2.25. The van der Waals surface area contributed by atoms with E-state index in [-0.39, 0.29) is 11.9 Å². The van der Waals surface area contributed by atoms with E-state index in [0.717, 1.165) is 5.56 Å². The van der Waals surface area contributed by atoms with Crippen LogP contribution in [-0.4, -0.2) is 21.2 Å². The standard InChI is InChI=1S/C18H19N5O2/c1-12(2)15(21-18(24)20-14-8-4-3-5-9-14)17-22-16(23-25-17)13-7-6-10-19-11-13/h3-12,15H,1-2H3,(H2,20,21,24)/t15-/m1/s1. The van der Waals surface area contributed by atoms with E-state index in [0.29, 0.717) is 17.4 Å². The number of pyridine rings is 1. The Kier molecular flexibility index (Phi) is 5.03. The van der Waals surface area contributed by atoms with Crippen LogP contribution in [0, 0.1) is 5.92 Å². The van der Waals surface area contributed by atoms with Gasteiger partial charge in [-0.1, -0.05) is 37.2 Å². The van der Waals surface area contributed by atoms with Crippen LogP contribution in [0.25, 0.3) is 11.4 Å². The molecule has 0 aliphatic carbocycles. The molecule has 0 saturated carbocycles. The van der Waals surface area contributed by atoms with Gasteiger partial charge in [-0.3, -0.25) is 4.98 Å². The number of rotatable bonds is 5. The smallest absolute Gasteiger partial charge is 0.319 e. The molecule has 3 rings (SSSR count). The van der Waals surface area contributed by atoms with Crippen LogP contribution in [0.1, 0.15) is 25.8 Å². The van der Waals surface area contributed by atoms with E-state index in [2.05, 4.69) is 25.8 Å². The van der Waals surface area contributed by atoms with E-state index < -0.39 is 6.04 Å². The maximum Gasteiger partial charge on any atom is 0.319 e. The van der Waals surface area contributed by atoms with Crippen molar-refractivity contribution in [1.82, 2.24) is 20.4 Å². The van der Waals surface area contributed by atoms with Crippen molar-refractivity contribution in [3.8, 4) is 11.4 Å². The van der Waals surface area contributed by atoms with Gasteiger partial charge < -0.3 is 15.2 Å². The predicted octanol–water partition coefficient (Wildman–Crippen LogP) is 3.65. The first-order valence-electron chi connectivity index (χ1n) is 8.00. The maximum atomic E-state index is 12.3. The topological polar surface area (TPSA) is 92.9 Å². The summed E-state index contributed by atoms with van der Waals surface area (Å²) in [6.07, 6.45) is 3.34. The lowest BCUT2D eigenvalue weighted by molar-refractivity contribution is 0.236. The molecule has 0 saturated heterocycles. The third kappa shape index (κ3) is 4.20. The van der Waals surface area contributed by atoms with E-state index >= 15 is 0 Å². The number of hydrogen-bond donors (Lipinski definition) is 2. The van der Waals surface area contributed by atoms with Gasteiger partial charge in [0.2, 0.25) is 11.7 Å². The van der Waals surface area contributed by atoms with Gasteiger partial charge in [-0.05, 0) is 30.2 Å². The Hall–Kier alpha value is -3.22. The van der Waals surface area contributed by atoms with Gasteiger partial charge in [-0.25, -0.2) is 4.79 Å². The number of amides is 2. The monoisotopic (exact) mass is 337 g/mol. The van der Waals surface area contributed by atoms with E-state index in [4.69, 9.17) is 4.52 Å². The van der Waals surface area contributed by atoms with Crippen LogP contribution in [0.2, 0.25) is 0 Å². The maximum absolute atomic E-state index is 12.3. The zero-order chi connectivity index (χ0) is 17.6. The van der Waals surface area contributed by atoms with Gasteiger partial charge in [-0.15, -0.1) is 0 Å². The molecule has 128 valence electrons. The second-order valence-corrected chi connectivity index (χ2v) is 5.88. The Labute approximate surface area is 145 Å². The van der Waals surface area contributed by atoms with Crippen molar-refractivity contribution in [3.05, 3.63) is 60.7 Å². The third-order valence-electron chi connectivity index (χ3n) is 3.61. The minimum absolute atomic E-state index is 0.0729. The van der Waals surface area contributed by atoms with Crippen LogP contribution < -0.4 is 10.6 Å². The molecular formula is C18H19N5O2. The summed E-state index contributed by atoms with van der Waals surface area (Å²) >= 11 is 0.